The summed E-state index contributed by atoms with van der Waals surface area (Å²) in [5.41, 5.74) is 6.50. The van der Waals surface area contributed by atoms with E-state index in [1.54, 1.807) is 0 Å². The second-order valence-corrected chi connectivity index (χ2v) is 17.3. The van der Waals surface area contributed by atoms with Gasteiger partial charge in [-0.05, 0) is 75.0 Å². The summed E-state index contributed by atoms with van der Waals surface area (Å²) in [6.45, 7) is 27.9. The lowest BCUT2D eigenvalue weighted by molar-refractivity contribution is 0.287. The largest absolute Gasteiger partial charge is 0.507 e. The molecule has 2 aromatic carbocycles. The fourth-order valence-corrected chi connectivity index (χ4v) is 6.93. The molecular formula is C37H58N2O2. The highest BCUT2D eigenvalue weighted by Gasteiger charge is 2.45. The third-order valence-electron chi connectivity index (χ3n) is 9.69. The van der Waals surface area contributed by atoms with Gasteiger partial charge in [0.25, 0.3) is 0 Å². The van der Waals surface area contributed by atoms with Crippen LogP contribution in [0.4, 0.5) is 0 Å². The van der Waals surface area contributed by atoms with Crippen molar-refractivity contribution in [3.05, 3.63) is 57.6 Å². The molecule has 0 radical (unpaired) electrons. The van der Waals surface area contributed by atoms with E-state index in [1.165, 1.54) is 17.5 Å². The van der Waals surface area contributed by atoms with Gasteiger partial charge < -0.3 is 20.8 Å². The van der Waals surface area contributed by atoms with Gasteiger partial charge in [-0.3, -0.25) is 0 Å². The van der Waals surface area contributed by atoms with Crippen LogP contribution in [0.1, 0.15) is 136 Å². The molecule has 0 unspecified atom stereocenters. The second kappa shape index (κ2) is 10.9. The Hall–Kier alpha value is -2.04. The van der Waals surface area contributed by atoms with Crippen LogP contribution in [0.2, 0.25) is 0 Å². The lowest BCUT2D eigenvalue weighted by Crippen LogP contribution is -2.41. The van der Waals surface area contributed by atoms with Gasteiger partial charge in [-0.1, -0.05) is 107 Å². The number of aromatic hydroxyl groups is 2. The summed E-state index contributed by atoms with van der Waals surface area (Å²) in [4.78, 5) is 0. The number of hydrogen-bond acceptors (Lipinski definition) is 4. The van der Waals surface area contributed by atoms with Gasteiger partial charge in [-0.2, -0.15) is 0 Å². The Kier molecular flexibility index (Phi) is 8.48. The topological polar surface area (TPSA) is 64.5 Å². The van der Waals surface area contributed by atoms with Crippen LogP contribution >= 0.6 is 0 Å². The minimum Gasteiger partial charge on any atom is -0.507 e. The summed E-state index contributed by atoms with van der Waals surface area (Å²) in [6.07, 6.45) is 3.57. The van der Waals surface area contributed by atoms with Crippen LogP contribution in [-0.2, 0) is 34.7 Å². The van der Waals surface area contributed by atoms with Gasteiger partial charge in [-0.15, -0.1) is 0 Å². The normalized spacial score (nSPS) is 23.4. The summed E-state index contributed by atoms with van der Waals surface area (Å²) in [6, 6.07) is 9.79. The van der Waals surface area contributed by atoms with E-state index in [-0.39, 0.29) is 21.7 Å². The SMILES string of the molecule is CC(C)(C)c1cc(CN[C@@H]2C[C@H]3C[C@@H]2C[C@H]3NCc2cc(C(C)(C)C)cc(C(C)(C)C)c2O)c(O)c(C(C)(C)C)c1. The Balaban J connectivity index is 1.43. The van der Waals surface area contributed by atoms with Crippen molar-refractivity contribution < 1.29 is 10.2 Å². The molecule has 2 aromatic rings. The van der Waals surface area contributed by atoms with Gasteiger partial charge >= 0.3 is 0 Å². The number of phenols is 2. The average molecular weight is 563 g/mol. The van der Waals surface area contributed by atoms with Crippen molar-refractivity contribution >= 4 is 0 Å². The van der Waals surface area contributed by atoms with Gasteiger partial charge in [0.1, 0.15) is 11.5 Å². The monoisotopic (exact) mass is 562 g/mol. The summed E-state index contributed by atoms with van der Waals surface area (Å²) in [7, 11) is 0. The van der Waals surface area contributed by atoms with Gasteiger partial charge in [0.05, 0.1) is 0 Å². The molecule has 0 aliphatic heterocycles. The molecule has 0 spiro atoms. The smallest absolute Gasteiger partial charge is 0.123 e. The number of hydrogen-bond donors (Lipinski definition) is 4. The maximum Gasteiger partial charge on any atom is 0.123 e. The van der Waals surface area contributed by atoms with Crippen molar-refractivity contribution in [2.24, 2.45) is 11.8 Å². The molecule has 2 bridgehead atoms. The molecular weight excluding hydrogens is 504 g/mol. The Labute approximate surface area is 250 Å². The van der Waals surface area contributed by atoms with E-state index in [2.05, 4.69) is 118 Å². The highest BCUT2D eigenvalue weighted by atomic mass is 16.3. The Morgan fingerprint density at radius 2 is 0.878 bits per heavy atom. The Bertz CT molecular complexity index is 1150. The second-order valence-electron chi connectivity index (χ2n) is 17.3. The fourth-order valence-electron chi connectivity index (χ4n) is 6.93. The number of phenolic OH excluding ortho intramolecular Hbond substituents is 2. The molecule has 41 heavy (non-hydrogen) atoms. The summed E-state index contributed by atoms with van der Waals surface area (Å²) < 4.78 is 0. The molecule has 2 aliphatic rings. The maximum atomic E-state index is 11.2. The Morgan fingerprint density at radius 1 is 0.537 bits per heavy atom. The Morgan fingerprint density at radius 3 is 1.15 bits per heavy atom. The van der Waals surface area contributed by atoms with Crippen molar-refractivity contribution in [2.75, 3.05) is 0 Å². The van der Waals surface area contributed by atoms with Gasteiger partial charge in [0, 0.05) is 36.3 Å². The molecule has 0 heterocycles. The predicted molar refractivity (Wildman–Crippen MR) is 173 cm³/mol. The van der Waals surface area contributed by atoms with Crippen LogP contribution in [-0.4, -0.2) is 22.3 Å². The van der Waals surface area contributed by atoms with Gasteiger partial charge in [-0.25, -0.2) is 0 Å². The third-order valence-corrected chi connectivity index (χ3v) is 9.69. The third kappa shape index (κ3) is 6.96. The van der Waals surface area contributed by atoms with Crippen LogP contribution in [0, 0.1) is 11.8 Å². The van der Waals surface area contributed by atoms with Crippen LogP contribution in [0.3, 0.4) is 0 Å². The van der Waals surface area contributed by atoms with Crippen LogP contribution in [0.15, 0.2) is 24.3 Å². The molecule has 0 saturated heterocycles. The van der Waals surface area contributed by atoms with Crippen LogP contribution in [0.5, 0.6) is 11.5 Å². The van der Waals surface area contributed by atoms with Crippen molar-refractivity contribution in [1.29, 1.82) is 0 Å². The first-order valence-electron chi connectivity index (χ1n) is 15.9. The minimum absolute atomic E-state index is 0.0300. The number of nitrogens with one attached hydrogen (secondary N) is 2. The highest BCUT2D eigenvalue weighted by Crippen LogP contribution is 2.46. The molecule has 2 aliphatic carbocycles. The molecule has 4 atom stereocenters. The van der Waals surface area contributed by atoms with Crippen molar-refractivity contribution in [2.45, 2.75) is 149 Å². The zero-order valence-corrected chi connectivity index (χ0v) is 28.0. The summed E-state index contributed by atoms with van der Waals surface area (Å²) in [5.74, 6) is 2.19. The molecule has 2 fully saturated rings. The molecule has 228 valence electrons. The quantitative estimate of drug-likeness (QED) is 0.286. The van der Waals surface area contributed by atoms with Crippen molar-refractivity contribution in [3.63, 3.8) is 0 Å². The average Bonchev–Trinajstić information content (AvgIpc) is 3.40. The maximum absolute atomic E-state index is 11.2. The molecule has 4 nitrogen and oxygen atoms in total. The standard InChI is InChI=1S/C37H58N2O2/c1-34(2,3)26-14-24(32(40)28(18-26)36(7,8)9)20-38-30-16-23-13-22(30)17-31(23)39-21-25-15-27(35(4,5)6)19-29(33(25)41)37(10,11)12/h14-15,18-19,22-23,30-31,38-41H,13,16-17,20-21H2,1-12H3/t22-,23-,30-,31-/m1/s1. The summed E-state index contributed by atoms with van der Waals surface area (Å²) >= 11 is 0. The zero-order valence-electron chi connectivity index (χ0n) is 28.0. The van der Waals surface area contributed by atoms with E-state index in [1.807, 2.05) is 0 Å². The fraction of sp³-hybridized carbons (Fsp3) is 0.676. The molecule has 0 aromatic heterocycles. The highest BCUT2D eigenvalue weighted by molar-refractivity contribution is 5.50. The number of benzene rings is 2. The van der Waals surface area contributed by atoms with E-state index >= 15 is 0 Å². The van der Waals surface area contributed by atoms with Crippen molar-refractivity contribution in [1.82, 2.24) is 10.6 Å². The molecule has 0 amide bonds. The van der Waals surface area contributed by atoms with E-state index in [4.69, 9.17) is 0 Å². The van der Waals surface area contributed by atoms with E-state index in [9.17, 15) is 10.2 Å². The van der Waals surface area contributed by atoms with Crippen LogP contribution in [0.25, 0.3) is 0 Å². The van der Waals surface area contributed by atoms with Gasteiger partial charge in [0.15, 0.2) is 0 Å². The predicted octanol–water partition coefficient (Wildman–Crippen LogP) is 8.33. The van der Waals surface area contributed by atoms with Gasteiger partial charge in [0.2, 0.25) is 0 Å². The lowest BCUT2D eigenvalue weighted by Gasteiger charge is -2.31. The number of fused-ring (bicyclic) bond motifs is 2. The first-order valence-corrected chi connectivity index (χ1v) is 15.9. The first-order chi connectivity index (χ1) is 18.7. The van der Waals surface area contributed by atoms with E-state index in [0.29, 0.717) is 48.5 Å². The van der Waals surface area contributed by atoms with E-state index < -0.39 is 0 Å². The molecule has 4 rings (SSSR count). The van der Waals surface area contributed by atoms with E-state index in [0.717, 1.165) is 35.1 Å². The summed E-state index contributed by atoms with van der Waals surface area (Å²) in [5, 5.41) is 30.2. The van der Waals surface area contributed by atoms with Crippen LogP contribution < -0.4 is 10.6 Å². The number of rotatable bonds is 6. The lowest BCUT2D eigenvalue weighted by atomic mass is 9.78. The van der Waals surface area contributed by atoms with Crippen molar-refractivity contribution in [3.8, 4) is 11.5 Å². The minimum atomic E-state index is -0.111. The first kappa shape index (κ1) is 31.9. The molecule has 2 saturated carbocycles. The zero-order chi connectivity index (χ0) is 30.7. The molecule has 4 heteroatoms. The molecule has 4 N–H and O–H groups in total.